The highest BCUT2D eigenvalue weighted by molar-refractivity contribution is 9.09. The van der Waals surface area contributed by atoms with Gasteiger partial charge in [0.1, 0.15) is 10.7 Å². The Morgan fingerprint density at radius 2 is 1.23 bits per heavy atom. The van der Waals surface area contributed by atoms with Gasteiger partial charge in [0, 0.05) is 98.3 Å². The molecule has 0 radical (unpaired) electrons. The fourth-order valence-electron chi connectivity index (χ4n) is 9.29. The number of Topliss-reactive ketones (excluding diaryl/α,β-unsaturated/α-hetero) is 1. The lowest BCUT2D eigenvalue weighted by Crippen LogP contribution is -2.49. The Hall–Kier alpha value is -4.01. The lowest BCUT2D eigenvalue weighted by molar-refractivity contribution is 0.0115. The molecule has 4 aromatic carbocycles. The molecular formula is C54H73Br2N10O4PS3. The monoisotopic (exact) mass is 1210 g/mol. The van der Waals surface area contributed by atoms with E-state index in [0.29, 0.717) is 43.3 Å². The van der Waals surface area contributed by atoms with Crippen molar-refractivity contribution in [1.82, 2.24) is 14.8 Å². The largest absolute Gasteiger partial charge is 0.382 e. The third kappa shape index (κ3) is 18.3. The van der Waals surface area contributed by atoms with Crippen molar-refractivity contribution >= 4 is 134 Å². The van der Waals surface area contributed by atoms with Gasteiger partial charge in [-0.15, -0.1) is 17.0 Å². The molecule has 4 fully saturated rings. The number of nitrogens with zero attached hydrogens (tertiary/aromatic N) is 6. The highest BCUT2D eigenvalue weighted by atomic mass is 79.9. The number of ketones is 2. The van der Waals surface area contributed by atoms with E-state index in [4.69, 9.17) is 33.2 Å². The number of anilines is 6. The maximum absolute atomic E-state index is 12.9. The van der Waals surface area contributed by atoms with Gasteiger partial charge in [-0.05, 0) is 118 Å². The van der Waals surface area contributed by atoms with E-state index in [-0.39, 0.29) is 44.3 Å². The van der Waals surface area contributed by atoms with Crippen molar-refractivity contribution < 1.29 is 19.1 Å². The van der Waals surface area contributed by atoms with Gasteiger partial charge in [-0.1, -0.05) is 93.5 Å². The molecule has 1 unspecified atom stereocenters. The number of thiazole rings is 1. The zero-order valence-electron chi connectivity index (χ0n) is 42.8. The summed E-state index contributed by atoms with van der Waals surface area (Å²) in [6.07, 6.45) is 4.81. The molecule has 4 aliphatic rings. The topological polar surface area (TPSA) is 167 Å². The number of aryl methyl sites for hydroxylation is 2. The van der Waals surface area contributed by atoms with Crippen LogP contribution in [0.1, 0.15) is 69.3 Å². The fourth-order valence-corrected chi connectivity index (χ4v) is 11.2. The molecule has 6 N–H and O–H groups in total. The van der Waals surface area contributed by atoms with Crippen LogP contribution in [0.25, 0.3) is 0 Å². The van der Waals surface area contributed by atoms with Crippen LogP contribution in [0.15, 0.2) is 102 Å². The first-order chi connectivity index (χ1) is 35.0. The summed E-state index contributed by atoms with van der Waals surface area (Å²) in [5.41, 5.74) is 19.8. The number of thiocarbonyl (C=S) groups is 1. The van der Waals surface area contributed by atoms with E-state index in [2.05, 4.69) is 92.5 Å². The minimum atomic E-state index is -0.0948. The third-order valence-electron chi connectivity index (χ3n) is 13.1. The summed E-state index contributed by atoms with van der Waals surface area (Å²) in [6.45, 7) is 18.1. The van der Waals surface area contributed by atoms with Crippen molar-refractivity contribution in [3.8, 4) is 0 Å². The van der Waals surface area contributed by atoms with Crippen molar-refractivity contribution in [2.45, 2.75) is 58.5 Å². The molecule has 0 aliphatic carbocycles. The number of amidine groups is 1. The van der Waals surface area contributed by atoms with Crippen LogP contribution in [-0.2, 0) is 9.47 Å². The van der Waals surface area contributed by atoms with Crippen LogP contribution in [0.4, 0.5) is 33.7 Å². The van der Waals surface area contributed by atoms with Gasteiger partial charge in [0.05, 0.1) is 31.8 Å². The average molecular weight is 1210 g/mol. The molecule has 1 atom stereocenters. The van der Waals surface area contributed by atoms with E-state index in [1.807, 2.05) is 81.4 Å². The highest BCUT2D eigenvalue weighted by Gasteiger charge is 2.27. The summed E-state index contributed by atoms with van der Waals surface area (Å²) in [5, 5.41) is 8.33. The summed E-state index contributed by atoms with van der Waals surface area (Å²) < 4.78 is 11.0. The minimum Gasteiger partial charge on any atom is -0.382 e. The van der Waals surface area contributed by atoms with Crippen LogP contribution < -0.4 is 31.9 Å². The van der Waals surface area contributed by atoms with Crippen LogP contribution in [0, 0.1) is 13.8 Å². The SMILES string of the molecule is Br.CCSC(N)=NC(=S)Nc1ccc(N2CCC(N3CCOCC3)CC2)cc1.Cc1cccc(C(=O)CBr)c1.Cc1cccc(C(=O)c2sc(Nc3ccc(N4CCC(N5CCOCC5)CC4)cc3)nc2N)c1.P. The maximum atomic E-state index is 12.9. The molecule has 9 rings (SSSR count). The molecule has 5 aromatic rings. The Balaban J connectivity index is 0.000000226. The number of hydrogen-bond donors (Lipinski definition) is 4. The molecule has 0 bridgehead atoms. The van der Waals surface area contributed by atoms with Gasteiger partial charge < -0.3 is 41.4 Å². The summed E-state index contributed by atoms with van der Waals surface area (Å²) in [6, 6.07) is 33.3. The number of carbonyl (C=O) groups excluding carboxylic acids is 2. The van der Waals surface area contributed by atoms with Gasteiger partial charge in [0.25, 0.3) is 0 Å². The number of carbonyl (C=O) groups is 2. The second-order valence-corrected chi connectivity index (χ2v) is 21.4. The Kier molecular flexibility index (Phi) is 25.7. The molecule has 0 amide bonds. The molecule has 1 aromatic heterocycles. The van der Waals surface area contributed by atoms with Crippen LogP contribution in [-0.4, -0.2) is 139 Å². The molecule has 4 aliphatic heterocycles. The van der Waals surface area contributed by atoms with Crippen molar-refractivity contribution in [1.29, 1.82) is 0 Å². The number of piperidine rings is 2. The number of aliphatic imine (C=N–C) groups is 1. The van der Waals surface area contributed by atoms with E-state index in [1.54, 1.807) is 0 Å². The van der Waals surface area contributed by atoms with E-state index in [1.165, 1.54) is 60.2 Å². The Morgan fingerprint density at radius 3 is 1.70 bits per heavy atom. The number of rotatable bonds is 12. The van der Waals surface area contributed by atoms with E-state index < -0.39 is 0 Å². The highest BCUT2D eigenvalue weighted by Crippen LogP contribution is 2.32. The second kappa shape index (κ2) is 31.3. The van der Waals surface area contributed by atoms with Crippen LogP contribution in [0.3, 0.4) is 0 Å². The standard InChI is InChI=1S/C26H31N5O2S.C19H29N5OS2.C9H9BrO.BrH.H3P/c1-18-3-2-4-19(17-18)23(32)24-25(27)29-26(34-24)28-20-5-7-21(8-6-20)30-11-9-22(10-12-30)31-13-15-33-16-14-31;1-2-27-18(20)22-19(26)21-15-3-5-16(6-4-15)23-9-7-17(8-10-23)24-11-13-25-14-12-24;1-7-3-2-4-8(5-7)9(11)6-10;;/h2-8,17,22H,9-16,27H2,1H3,(H,28,29);3-6,17H,2,7-14H2,1H3,(H3,20,21,22,26);2-5H,6H2,1H3;1H;1H3. The lowest BCUT2D eigenvalue weighted by Gasteiger charge is -2.40. The number of halogens is 2. The number of hydrogen-bond acceptors (Lipinski definition) is 14. The van der Waals surface area contributed by atoms with Gasteiger partial charge in [0.2, 0.25) is 5.78 Å². The zero-order valence-corrected chi connectivity index (χ0v) is 50.0. The summed E-state index contributed by atoms with van der Waals surface area (Å²) >= 11 is 11.1. The van der Waals surface area contributed by atoms with Crippen LogP contribution in [0.2, 0.25) is 0 Å². The molecule has 0 saturated carbocycles. The number of nitrogens with two attached hydrogens (primary N) is 2. The maximum Gasteiger partial charge on any atom is 0.206 e. The van der Waals surface area contributed by atoms with Gasteiger partial charge in [-0.2, -0.15) is 14.9 Å². The Bertz CT molecular complexity index is 2570. The Labute approximate surface area is 473 Å². The minimum absolute atomic E-state index is 0. The number of morpholine rings is 2. The molecule has 5 heterocycles. The number of nitrogens with one attached hydrogen (secondary N) is 2. The number of alkyl halides is 1. The smallest absolute Gasteiger partial charge is 0.206 e. The second-order valence-electron chi connectivity index (χ2n) is 18.1. The van der Waals surface area contributed by atoms with Crippen molar-refractivity contribution in [3.05, 3.63) is 124 Å². The molecule has 400 valence electrons. The van der Waals surface area contributed by atoms with E-state index in [9.17, 15) is 9.59 Å². The normalized spacial score (nSPS) is 16.8. The van der Waals surface area contributed by atoms with Gasteiger partial charge in [-0.3, -0.25) is 19.4 Å². The van der Waals surface area contributed by atoms with Crippen LogP contribution in [0.5, 0.6) is 0 Å². The molecule has 0 spiro atoms. The first-order valence-corrected chi connectivity index (χ1v) is 28.2. The van der Waals surface area contributed by atoms with Crippen molar-refractivity contribution in [2.75, 3.05) is 116 Å². The molecule has 74 heavy (non-hydrogen) atoms. The molecule has 20 heteroatoms. The predicted molar refractivity (Wildman–Crippen MR) is 329 cm³/mol. The number of thioether (sulfide) groups is 1. The number of nitrogen functional groups attached to an aromatic ring is 1. The zero-order chi connectivity index (χ0) is 50.8. The summed E-state index contributed by atoms with van der Waals surface area (Å²) in [4.78, 5) is 43.1. The number of benzene rings is 4. The first kappa shape index (κ1) is 60.9. The third-order valence-corrected chi connectivity index (χ3v) is 15.5. The van der Waals surface area contributed by atoms with Gasteiger partial charge in [-0.25, -0.2) is 4.98 Å². The summed E-state index contributed by atoms with van der Waals surface area (Å²) in [7, 11) is 0. The van der Waals surface area contributed by atoms with E-state index in [0.717, 1.165) is 113 Å². The molecular weight excluding hydrogens is 1140 g/mol. The average Bonchev–Trinajstić information content (AvgIpc) is 3.78. The fraction of sp³-hybridized carbons (Fsp3) is 0.426. The predicted octanol–water partition coefficient (Wildman–Crippen LogP) is 10.3. The molecule has 4 saturated heterocycles. The Morgan fingerprint density at radius 1 is 0.757 bits per heavy atom. The lowest BCUT2D eigenvalue weighted by atomic mass is 10.0. The van der Waals surface area contributed by atoms with Crippen LogP contribution >= 0.6 is 78.1 Å². The van der Waals surface area contributed by atoms with Gasteiger partial charge in [0.15, 0.2) is 21.2 Å². The van der Waals surface area contributed by atoms with Crippen molar-refractivity contribution in [3.63, 3.8) is 0 Å². The number of ether oxygens (including phenoxy) is 2. The quantitative estimate of drug-likeness (QED) is 0.0233. The first-order valence-electron chi connectivity index (χ1n) is 24.9. The number of aromatic nitrogens is 1. The molecule has 14 nitrogen and oxygen atoms in total. The van der Waals surface area contributed by atoms with E-state index >= 15 is 0 Å². The van der Waals surface area contributed by atoms with Crippen molar-refractivity contribution in [2.24, 2.45) is 10.7 Å². The van der Waals surface area contributed by atoms with Gasteiger partial charge >= 0.3 is 0 Å². The summed E-state index contributed by atoms with van der Waals surface area (Å²) in [5.74, 6) is 1.18.